The van der Waals surface area contributed by atoms with E-state index in [4.69, 9.17) is 5.10 Å². The molecule has 0 saturated carbocycles. The van der Waals surface area contributed by atoms with E-state index >= 15 is 0 Å². The molecule has 1 aliphatic heterocycles. The average Bonchev–Trinajstić information content (AvgIpc) is 3.17. The van der Waals surface area contributed by atoms with Crippen LogP contribution in [0.5, 0.6) is 0 Å². The van der Waals surface area contributed by atoms with Gasteiger partial charge in [0.2, 0.25) is 0 Å². The van der Waals surface area contributed by atoms with Gasteiger partial charge in [0.15, 0.2) is 0 Å². The normalized spacial score (nSPS) is 19.6. The predicted octanol–water partition coefficient (Wildman–Crippen LogP) is 3.27. The summed E-state index contributed by atoms with van der Waals surface area (Å²) in [6.07, 6.45) is 2.78. The molecule has 2 heterocycles. The number of carbonyl (C=O) groups is 1. The van der Waals surface area contributed by atoms with Gasteiger partial charge < -0.3 is 10.6 Å². The molecular formula is C22H24N4O. The van der Waals surface area contributed by atoms with Gasteiger partial charge in [-0.05, 0) is 37.6 Å². The highest BCUT2D eigenvalue weighted by atomic mass is 16.1. The third-order valence-corrected chi connectivity index (χ3v) is 5.13. The lowest BCUT2D eigenvalue weighted by Crippen LogP contribution is -2.48. The van der Waals surface area contributed by atoms with Crippen molar-refractivity contribution < 1.29 is 4.79 Å². The first-order chi connectivity index (χ1) is 13.2. The lowest BCUT2D eigenvalue weighted by molar-refractivity contribution is 0.0915. The first-order valence-electron chi connectivity index (χ1n) is 9.44. The Morgan fingerprint density at radius 3 is 2.52 bits per heavy atom. The molecule has 0 radical (unpaired) electrons. The number of aromatic nitrogens is 2. The summed E-state index contributed by atoms with van der Waals surface area (Å²) < 4.78 is 1.78. The molecule has 1 fully saturated rings. The lowest BCUT2D eigenvalue weighted by atomic mass is 9.95. The molecular weight excluding hydrogens is 336 g/mol. The van der Waals surface area contributed by atoms with Gasteiger partial charge in [-0.3, -0.25) is 4.79 Å². The quantitative estimate of drug-likeness (QED) is 0.751. The van der Waals surface area contributed by atoms with E-state index in [9.17, 15) is 4.79 Å². The number of rotatable bonds is 4. The van der Waals surface area contributed by atoms with Crippen molar-refractivity contribution in [3.63, 3.8) is 0 Å². The summed E-state index contributed by atoms with van der Waals surface area (Å²) in [5.74, 6) is 0.349. The van der Waals surface area contributed by atoms with Crippen molar-refractivity contribution in [2.75, 3.05) is 13.1 Å². The van der Waals surface area contributed by atoms with E-state index in [0.29, 0.717) is 17.2 Å². The molecule has 2 unspecified atom stereocenters. The maximum Gasteiger partial charge on any atom is 0.255 e. The highest BCUT2D eigenvalue weighted by Crippen LogP contribution is 2.24. The summed E-state index contributed by atoms with van der Waals surface area (Å²) in [4.78, 5) is 13.1. The highest BCUT2D eigenvalue weighted by molar-refractivity contribution is 6.00. The number of hydrogen-bond acceptors (Lipinski definition) is 3. The molecule has 3 aromatic rings. The van der Waals surface area contributed by atoms with E-state index in [1.54, 1.807) is 4.68 Å². The van der Waals surface area contributed by atoms with Crippen LogP contribution in [0.4, 0.5) is 0 Å². The van der Waals surface area contributed by atoms with Crippen LogP contribution in [0.2, 0.25) is 0 Å². The molecule has 1 aromatic heterocycles. The Morgan fingerprint density at radius 1 is 1.11 bits per heavy atom. The summed E-state index contributed by atoms with van der Waals surface area (Å²) in [5, 5.41) is 11.3. The van der Waals surface area contributed by atoms with Crippen LogP contribution in [0, 0.1) is 5.92 Å². The molecule has 0 bridgehead atoms. The second kappa shape index (κ2) is 7.76. The van der Waals surface area contributed by atoms with E-state index in [1.807, 2.05) is 66.9 Å². The van der Waals surface area contributed by atoms with Crippen molar-refractivity contribution in [2.24, 2.45) is 5.92 Å². The van der Waals surface area contributed by atoms with Crippen LogP contribution in [-0.4, -0.2) is 34.8 Å². The van der Waals surface area contributed by atoms with Gasteiger partial charge in [0.05, 0.1) is 11.3 Å². The third kappa shape index (κ3) is 3.78. The molecule has 4 rings (SSSR count). The summed E-state index contributed by atoms with van der Waals surface area (Å²) in [5.41, 5.74) is 3.19. The van der Waals surface area contributed by atoms with Gasteiger partial charge in [-0.25, -0.2) is 4.68 Å². The third-order valence-electron chi connectivity index (χ3n) is 5.13. The van der Waals surface area contributed by atoms with Gasteiger partial charge in [0.1, 0.15) is 5.69 Å². The molecule has 138 valence electrons. The summed E-state index contributed by atoms with van der Waals surface area (Å²) in [7, 11) is 0. The zero-order chi connectivity index (χ0) is 18.6. The molecule has 1 saturated heterocycles. The Kier molecular flexibility index (Phi) is 5.03. The first-order valence-corrected chi connectivity index (χ1v) is 9.44. The Morgan fingerprint density at radius 2 is 1.81 bits per heavy atom. The fourth-order valence-electron chi connectivity index (χ4n) is 3.54. The van der Waals surface area contributed by atoms with Gasteiger partial charge in [-0.1, -0.05) is 55.5 Å². The fourth-order valence-corrected chi connectivity index (χ4v) is 3.54. The molecule has 5 heteroatoms. The number of amides is 1. The minimum Gasteiger partial charge on any atom is -0.349 e. The van der Waals surface area contributed by atoms with Gasteiger partial charge in [0.25, 0.3) is 5.91 Å². The van der Waals surface area contributed by atoms with Crippen LogP contribution in [0.25, 0.3) is 16.9 Å². The lowest BCUT2D eigenvalue weighted by Gasteiger charge is -2.30. The topological polar surface area (TPSA) is 58.9 Å². The van der Waals surface area contributed by atoms with Crippen LogP contribution in [0.15, 0.2) is 66.9 Å². The Hall–Kier alpha value is -2.92. The van der Waals surface area contributed by atoms with Crippen molar-refractivity contribution in [1.82, 2.24) is 20.4 Å². The van der Waals surface area contributed by atoms with Crippen molar-refractivity contribution in [2.45, 2.75) is 19.4 Å². The van der Waals surface area contributed by atoms with E-state index in [-0.39, 0.29) is 11.9 Å². The molecule has 1 aliphatic rings. The van der Waals surface area contributed by atoms with Gasteiger partial charge in [-0.15, -0.1) is 0 Å². The summed E-state index contributed by atoms with van der Waals surface area (Å²) in [6.45, 7) is 4.03. The van der Waals surface area contributed by atoms with Crippen LogP contribution in [0.3, 0.4) is 0 Å². The molecule has 0 aliphatic carbocycles. The van der Waals surface area contributed by atoms with E-state index in [0.717, 1.165) is 30.8 Å². The molecule has 2 N–H and O–H groups in total. The maximum atomic E-state index is 13.1. The predicted molar refractivity (Wildman–Crippen MR) is 107 cm³/mol. The van der Waals surface area contributed by atoms with Gasteiger partial charge >= 0.3 is 0 Å². The van der Waals surface area contributed by atoms with Gasteiger partial charge in [-0.2, -0.15) is 5.10 Å². The number of piperidine rings is 1. The molecule has 2 atom stereocenters. The van der Waals surface area contributed by atoms with Gasteiger partial charge in [0, 0.05) is 17.8 Å². The zero-order valence-electron chi connectivity index (χ0n) is 15.4. The van der Waals surface area contributed by atoms with Crippen molar-refractivity contribution in [3.8, 4) is 16.9 Å². The number of carbonyl (C=O) groups excluding carboxylic acids is 1. The van der Waals surface area contributed by atoms with Crippen LogP contribution >= 0.6 is 0 Å². The second-order valence-electron chi connectivity index (χ2n) is 7.09. The zero-order valence-corrected chi connectivity index (χ0v) is 15.4. The van der Waals surface area contributed by atoms with E-state index in [2.05, 4.69) is 17.6 Å². The molecule has 1 amide bonds. The number of hydrogen-bond donors (Lipinski definition) is 2. The Bertz CT molecular complexity index is 905. The minimum absolute atomic E-state index is 0.0604. The van der Waals surface area contributed by atoms with Crippen molar-refractivity contribution in [1.29, 1.82) is 0 Å². The second-order valence-corrected chi connectivity index (χ2v) is 7.09. The Labute approximate surface area is 159 Å². The van der Waals surface area contributed by atoms with Crippen LogP contribution < -0.4 is 10.6 Å². The molecule has 2 aromatic carbocycles. The Balaban J connectivity index is 1.69. The average molecular weight is 360 g/mol. The summed E-state index contributed by atoms with van der Waals surface area (Å²) >= 11 is 0. The standard InChI is InChI=1S/C22H24N4O/c1-16-14-23-13-12-20(16)24-22(27)19-15-26(18-10-6-3-7-11-18)25-21(19)17-8-4-2-5-9-17/h2-11,15-16,20,23H,12-14H2,1H3,(H,24,27). The SMILES string of the molecule is CC1CNCCC1NC(=O)c1cn(-c2ccccc2)nc1-c1ccccc1. The van der Waals surface area contributed by atoms with Crippen molar-refractivity contribution in [3.05, 3.63) is 72.4 Å². The van der Waals surface area contributed by atoms with E-state index in [1.165, 1.54) is 0 Å². The number of benzene rings is 2. The molecule has 0 spiro atoms. The minimum atomic E-state index is -0.0604. The highest BCUT2D eigenvalue weighted by Gasteiger charge is 2.25. The number of nitrogens with one attached hydrogen (secondary N) is 2. The largest absolute Gasteiger partial charge is 0.349 e. The van der Waals surface area contributed by atoms with Crippen molar-refractivity contribution >= 4 is 5.91 Å². The van der Waals surface area contributed by atoms with E-state index < -0.39 is 0 Å². The number of para-hydroxylation sites is 1. The molecule has 5 nitrogen and oxygen atoms in total. The van der Waals surface area contributed by atoms with Crippen LogP contribution in [-0.2, 0) is 0 Å². The number of nitrogens with zero attached hydrogens (tertiary/aromatic N) is 2. The fraction of sp³-hybridized carbons (Fsp3) is 0.273. The smallest absolute Gasteiger partial charge is 0.255 e. The maximum absolute atomic E-state index is 13.1. The summed E-state index contributed by atoms with van der Waals surface area (Å²) in [6, 6.07) is 19.9. The monoisotopic (exact) mass is 360 g/mol. The van der Waals surface area contributed by atoms with Crippen LogP contribution in [0.1, 0.15) is 23.7 Å². The first kappa shape index (κ1) is 17.5. The molecule has 27 heavy (non-hydrogen) atoms.